The van der Waals surface area contributed by atoms with E-state index in [2.05, 4.69) is 31.4 Å². The molecule has 4 N–H and O–H groups in total. The van der Waals surface area contributed by atoms with Crippen LogP contribution in [-0.4, -0.2) is 16.9 Å². The lowest BCUT2D eigenvalue weighted by molar-refractivity contribution is 0.0975. The summed E-state index contributed by atoms with van der Waals surface area (Å²) < 4.78 is 5.78. The molecule has 4 rings (SSSR count). The molecule has 0 radical (unpaired) electrons. The number of fused-ring (bicyclic) bond motifs is 1. The van der Waals surface area contributed by atoms with Crippen LogP contribution in [0.5, 0.6) is 5.75 Å². The highest BCUT2D eigenvalue weighted by Crippen LogP contribution is 2.44. The van der Waals surface area contributed by atoms with Gasteiger partial charge >= 0.3 is 0 Å². The van der Waals surface area contributed by atoms with E-state index < -0.39 is 5.91 Å². The number of hydrogen-bond acceptors (Lipinski definition) is 5. The lowest BCUT2D eigenvalue weighted by Gasteiger charge is -2.33. The molecule has 2 amide bonds. The molecule has 6 nitrogen and oxygen atoms in total. The Morgan fingerprint density at radius 1 is 1.11 bits per heavy atom. The van der Waals surface area contributed by atoms with Crippen molar-refractivity contribution >= 4 is 45.5 Å². The van der Waals surface area contributed by atoms with E-state index in [1.807, 2.05) is 30.3 Å². The molecule has 1 unspecified atom stereocenters. The van der Waals surface area contributed by atoms with Crippen LogP contribution >= 0.6 is 23.6 Å². The zero-order valence-electron chi connectivity index (χ0n) is 20.7. The molecule has 1 aliphatic carbocycles. The first-order chi connectivity index (χ1) is 17.1. The molecule has 1 atom stereocenters. The summed E-state index contributed by atoms with van der Waals surface area (Å²) in [5, 5.41) is 6.46. The van der Waals surface area contributed by atoms with Gasteiger partial charge in [0.15, 0.2) is 5.11 Å². The van der Waals surface area contributed by atoms with E-state index in [1.54, 1.807) is 24.3 Å². The van der Waals surface area contributed by atoms with Crippen molar-refractivity contribution in [3.63, 3.8) is 0 Å². The Bertz CT molecular complexity index is 1260. The van der Waals surface area contributed by atoms with E-state index in [9.17, 15) is 9.59 Å². The second-order valence-electron chi connectivity index (χ2n) is 10.1. The Labute approximate surface area is 221 Å². The summed E-state index contributed by atoms with van der Waals surface area (Å²) in [7, 11) is 0. The summed E-state index contributed by atoms with van der Waals surface area (Å²) >= 11 is 6.89. The van der Waals surface area contributed by atoms with Crippen molar-refractivity contribution in [2.45, 2.75) is 46.6 Å². The highest BCUT2D eigenvalue weighted by molar-refractivity contribution is 7.80. The molecule has 1 heterocycles. The normalized spacial score (nSPS) is 15.0. The SMILES string of the molecule is CC(C)(C)C1CCc2c(sc(NC(=S)NC(=O)c3ccc(OCc4ccccc4)cc3)c2C(N)=O)C1. The van der Waals surface area contributed by atoms with E-state index in [-0.39, 0.29) is 16.4 Å². The highest BCUT2D eigenvalue weighted by Gasteiger charge is 2.33. The predicted molar refractivity (Wildman–Crippen MR) is 149 cm³/mol. The van der Waals surface area contributed by atoms with Crippen molar-refractivity contribution in [3.05, 3.63) is 81.7 Å². The van der Waals surface area contributed by atoms with Gasteiger partial charge in [-0.3, -0.25) is 14.9 Å². The number of primary amides is 1. The maximum Gasteiger partial charge on any atom is 0.257 e. The van der Waals surface area contributed by atoms with E-state index >= 15 is 0 Å². The number of thiophene rings is 1. The van der Waals surface area contributed by atoms with Gasteiger partial charge < -0.3 is 15.8 Å². The lowest BCUT2D eigenvalue weighted by Crippen LogP contribution is -2.34. The van der Waals surface area contributed by atoms with Gasteiger partial charge in [-0.15, -0.1) is 11.3 Å². The van der Waals surface area contributed by atoms with Gasteiger partial charge in [0.25, 0.3) is 11.8 Å². The van der Waals surface area contributed by atoms with Crippen molar-refractivity contribution < 1.29 is 14.3 Å². The van der Waals surface area contributed by atoms with Crippen LogP contribution in [0, 0.1) is 11.3 Å². The average molecular weight is 522 g/mol. The zero-order chi connectivity index (χ0) is 25.9. The standard InChI is InChI=1S/C28H31N3O3S2/c1-28(2,3)19-11-14-21-22(15-19)36-26(23(21)24(29)32)31-27(35)30-25(33)18-9-12-20(13-10-18)34-16-17-7-5-4-6-8-17/h4-10,12-13,19H,11,14-16H2,1-3H3,(H2,29,32)(H2,30,31,33,35). The predicted octanol–water partition coefficient (Wildman–Crippen LogP) is 5.70. The van der Waals surface area contributed by atoms with Gasteiger partial charge in [0, 0.05) is 10.4 Å². The maximum absolute atomic E-state index is 12.7. The van der Waals surface area contributed by atoms with Gasteiger partial charge in [0.05, 0.1) is 5.56 Å². The molecule has 1 aromatic heterocycles. The first-order valence-corrected chi connectivity index (χ1v) is 13.2. The van der Waals surface area contributed by atoms with Gasteiger partial charge in [-0.1, -0.05) is 51.1 Å². The zero-order valence-corrected chi connectivity index (χ0v) is 22.4. The van der Waals surface area contributed by atoms with Crippen molar-refractivity contribution in [2.24, 2.45) is 17.1 Å². The molecule has 0 spiro atoms. The molecule has 188 valence electrons. The molecule has 0 saturated carbocycles. The largest absolute Gasteiger partial charge is 0.489 e. The third kappa shape index (κ3) is 6.12. The van der Waals surface area contributed by atoms with Gasteiger partial charge in [-0.05, 0) is 78.2 Å². The van der Waals surface area contributed by atoms with Gasteiger partial charge in [0.1, 0.15) is 17.4 Å². The number of rotatable bonds is 6. The molecule has 8 heteroatoms. The van der Waals surface area contributed by atoms with Crippen molar-refractivity contribution in [2.75, 3.05) is 5.32 Å². The molecule has 3 aromatic rings. The molecule has 0 fully saturated rings. The number of ether oxygens (including phenoxy) is 1. The first kappa shape index (κ1) is 25.9. The lowest BCUT2D eigenvalue weighted by atomic mass is 9.72. The molecule has 2 aromatic carbocycles. The number of carbonyl (C=O) groups is 2. The molecule has 36 heavy (non-hydrogen) atoms. The maximum atomic E-state index is 12.7. The Kier molecular flexibility index (Phi) is 7.76. The van der Waals surface area contributed by atoms with Crippen LogP contribution in [-0.2, 0) is 19.4 Å². The molecular weight excluding hydrogens is 490 g/mol. The third-order valence-corrected chi connectivity index (χ3v) is 7.93. The fraction of sp³-hybridized carbons (Fsp3) is 0.321. The Balaban J connectivity index is 1.39. The monoisotopic (exact) mass is 521 g/mol. The minimum atomic E-state index is -0.482. The molecule has 1 aliphatic rings. The smallest absolute Gasteiger partial charge is 0.257 e. The summed E-state index contributed by atoms with van der Waals surface area (Å²) in [6.07, 6.45) is 2.73. The summed E-state index contributed by atoms with van der Waals surface area (Å²) in [4.78, 5) is 26.2. The van der Waals surface area contributed by atoms with Gasteiger partial charge in [0.2, 0.25) is 0 Å². The minimum absolute atomic E-state index is 0.123. The number of carbonyl (C=O) groups excluding carboxylic acids is 2. The van der Waals surface area contributed by atoms with E-state index in [1.165, 1.54) is 11.3 Å². The second-order valence-corrected chi connectivity index (χ2v) is 11.6. The number of thiocarbonyl (C=S) groups is 1. The van der Waals surface area contributed by atoms with Crippen LogP contribution in [0.25, 0.3) is 0 Å². The summed E-state index contributed by atoms with van der Waals surface area (Å²) in [5.74, 6) is 0.365. The molecular formula is C28H31N3O3S2. The number of benzene rings is 2. The summed E-state index contributed by atoms with van der Waals surface area (Å²) in [5.41, 5.74) is 8.93. The van der Waals surface area contributed by atoms with Crippen molar-refractivity contribution in [1.29, 1.82) is 0 Å². The third-order valence-electron chi connectivity index (χ3n) is 6.56. The van der Waals surface area contributed by atoms with Crippen molar-refractivity contribution in [1.82, 2.24) is 5.32 Å². The highest BCUT2D eigenvalue weighted by atomic mass is 32.1. The quantitative estimate of drug-likeness (QED) is 0.362. The van der Waals surface area contributed by atoms with Crippen LogP contribution in [0.1, 0.15) is 63.9 Å². The van der Waals surface area contributed by atoms with Crippen LogP contribution < -0.4 is 21.1 Å². The van der Waals surface area contributed by atoms with Gasteiger partial charge in [-0.2, -0.15) is 0 Å². The number of anilines is 1. The topological polar surface area (TPSA) is 93.4 Å². The Morgan fingerprint density at radius 3 is 2.44 bits per heavy atom. The number of hydrogen-bond donors (Lipinski definition) is 3. The molecule has 0 aliphatic heterocycles. The average Bonchev–Trinajstić information content (AvgIpc) is 3.20. The fourth-order valence-electron chi connectivity index (χ4n) is 4.43. The van der Waals surface area contributed by atoms with Crippen molar-refractivity contribution in [3.8, 4) is 5.75 Å². The number of amides is 2. The van der Waals surface area contributed by atoms with Crippen LogP contribution in [0.4, 0.5) is 5.00 Å². The second kappa shape index (κ2) is 10.8. The van der Waals surface area contributed by atoms with Crippen LogP contribution in [0.15, 0.2) is 54.6 Å². The van der Waals surface area contributed by atoms with Crippen LogP contribution in [0.2, 0.25) is 0 Å². The summed E-state index contributed by atoms with van der Waals surface area (Å²) in [6, 6.07) is 16.7. The molecule has 0 bridgehead atoms. The number of nitrogens with one attached hydrogen (secondary N) is 2. The fourth-order valence-corrected chi connectivity index (χ4v) is 6.02. The summed E-state index contributed by atoms with van der Waals surface area (Å²) in [6.45, 7) is 7.19. The first-order valence-electron chi connectivity index (χ1n) is 11.9. The van der Waals surface area contributed by atoms with E-state index in [0.29, 0.717) is 34.4 Å². The van der Waals surface area contributed by atoms with E-state index in [0.717, 1.165) is 35.3 Å². The van der Waals surface area contributed by atoms with E-state index in [4.69, 9.17) is 22.7 Å². The molecule has 0 saturated heterocycles. The minimum Gasteiger partial charge on any atom is -0.489 e. The Morgan fingerprint density at radius 2 is 1.81 bits per heavy atom. The Hall–Kier alpha value is -3.23. The van der Waals surface area contributed by atoms with Crippen LogP contribution in [0.3, 0.4) is 0 Å². The van der Waals surface area contributed by atoms with Gasteiger partial charge in [-0.25, -0.2) is 0 Å². The number of nitrogens with two attached hydrogens (primary N) is 1.